The molecule has 16 nitrogen and oxygen atoms in total. The minimum absolute atomic E-state index is 0.132. The Balaban J connectivity index is 1.19. The molecule has 0 aliphatic heterocycles. The van der Waals surface area contributed by atoms with Gasteiger partial charge in [0, 0.05) is 30.4 Å². The number of hydrogen-bond acceptors (Lipinski definition) is 13. The number of amides is 2. The summed E-state index contributed by atoms with van der Waals surface area (Å²) in [7, 11) is 0.673. The zero-order chi connectivity index (χ0) is 41.1. The number of aryl methyl sites for hydroxylation is 1. The lowest BCUT2D eigenvalue weighted by molar-refractivity contribution is -0.145. The fraction of sp³-hybridized carbons (Fsp3) is 0.487. The number of carboxylic acids is 2. The second-order valence-electron chi connectivity index (χ2n) is 13.2. The van der Waals surface area contributed by atoms with Crippen LogP contribution < -0.4 is 20.1 Å². The van der Waals surface area contributed by atoms with Crippen molar-refractivity contribution in [1.82, 2.24) is 20.6 Å². The van der Waals surface area contributed by atoms with Gasteiger partial charge in [0.25, 0.3) is 5.91 Å². The number of ether oxygens (including phenoxy) is 5. The van der Waals surface area contributed by atoms with Gasteiger partial charge in [0.05, 0.1) is 50.6 Å². The van der Waals surface area contributed by atoms with Crippen LogP contribution in [0, 0.1) is 5.41 Å². The normalized spacial score (nSPS) is 11.4. The molecule has 0 saturated heterocycles. The van der Waals surface area contributed by atoms with Crippen LogP contribution in [0.1, 0.15) is 48.2 Å². The molecule has 0 radical (unpaired) electrons. The highest BCUT2D eigenvalue weighted by atomic mass is 32.2. The molecule has 2 aromatic carbocycles. The van der Waals surface area contributed by atoms with Gasteiger partial charge >= 0.3 is 11.9 Å². The average Bonchev–Trinajstić information content (AvgIpc) is 3.20. The van der Waals surface area contributed by atoms with Gasteiger partial charge in [-0.15, -0.1) is 8.58 Å². The summed E-state index contributed by atoms with van der Waals surface area (Å²) in [5, 5.41) is 23.1. The first-order valence-electron chi connectivity index (χ1n) is 18.6. The maximum absolute atomic E-state index is 12.4. The first-order chi connectivity index (χ1) is 27.5. The van der Waals surface area contributed by atoms with Gasteiger partial charge in [0.15, 0.2) is 0 Å². The Morgan fingerprint density at radius 3 is 2.02 bits per heavy atom. The number of anilines is 1. The van der Waals surface area contributed by atoms with Crippen LogP contribution >= 0.6 is 20.5 Å². The SMILES string of the molecule is CC(C)(CPCCCCc1ccc(OCc2ccc(SNc3ncc(C(=O)NCCOCCOCC(=O)NCCOCCOCC(=O)O)cn3)cc2)cc1)C(=O)O. The molecule has 57 heavy (non-hydrogen) atoms. The summed E-state index contributed by atoms with van der Waals surface area (Å²) in [5.41, 5.74) is 1.96. The number of aromatic nitrogens is 2. The lowest BCUT2D eigenvalue weighted by Crippen LogP contribution is -2.31. The summed E-state index contributed by atoms with van der Waals surface area (Å²) in [6, 6.07) is 16.1. The van der Waals surface area contributed by atoms with Crippen molar-refractivity contribution in [2.75, 3.05) is 83.0 Å². The Bertz CT molecular complexity index is 1640. The molecule has 2 amide bonds. The maximum atomic E-state index is 12.4. The summed E-state index contributed by atoms with van der Waals surface area (Å²) >= 11 is 1.35. The fourth-order valence-corrected chi connectivity index (χ4v) is 6.69. The van der Waals surface area contributed by atoms with Crippen LogP contribution in [0.5, 0.6) is 5.75 Å². The fourth-order valence-electron chi connectivity index (χ4n) is 4.65. The third-order valence-corrected chi connectivity index (χ3v) is 10.6. The van der Waals surface area contributed by atoms with E-state index >= 15 is 0 Å². The van der Waals surface area contributed by atoms with E-state index in [-0.39, 0.29) is 77.8 Å². The Kier molecular flexibility index (Phi) is 22.5. The van der Waals surface area contributed by atoms with E-state index in [1.807, 2.05) is 36.4 Å². The lowest BCUT2D eigenvalue weighted by atomic mass is 9.97. The third-order valence-electron chi connectivity index (χ3n) is 7.94. The summed E-state index contributed by atoms with van der Waals surface area (Å²) < 4.78 is 29.8. The number of nitrogens with one attached hydrogen (secondary N) is 3. The Hall–Kier alpha value is -4.38. The number of rotatable bonds is 31. The Morgan fingerprint density at radius 2 is 1.37 bits per heavy atom. The highest BCUT2D eigenvalue weighted by Crippen LogP contribution is 2.27. The number of benzene rings is 2. The van der Waals surface area contributed by atoms with Gasteiger partial charge in [-0.05, 0) is 92.8 Å². The number of carboxylic acid groups (broad SMARTS) is 2. The first-order valence-corrected chi connectivity index (χ1v) is 20.8. The Labute approximate surface area is 339 Å². The van der Waals surface area contributed by atoms with Crippen LogP contribution in [0.15, 0.2) is 65.8 Å². The zero-order valence-corrected chi connectivity index (χ0v) is 34.3. The molecular weight excluding hydrogens is 777 g/mol. The molecule has 18 heteroatoms. The second kappa shape index (κ2) is 27.3. The summed E-state index contributed by atoms with van der Waals surface area (Å²) in [5.74, 6) is -1.24. The highest BCUT2D eigenvalue weighted by molar-refractivity contribution is 8.00. The van der Waals surface area contributed by atoms with Crippen LogP contribution in [-0.4, -0.2) is 122 Å². The van der Waals surface area contributed by atoms with E-state index in [0.29, 0.717) is 26.7 Å². The third kappa shape index (κ3) is 21.1. The van der Waals surface area contributed by atoms with Gasteiger partial charge in [-0.2, -0.15) is 0 Å². The van der Waals surface area contributed by atoms with Crippen LogP contribution in [0.2, 0.25) is 0 Å². The predicted octanol–water partition coefficient (Wildman–Crippen LogP) is 4.28. The van der Waals surface area contributed by atoms with Crippen molar-refractivity contribution in [3.05, 3.63) is 77.6 Å². The summed E-state index contributed by atoms with van der Waals surface area (Å²) in [4.78, 5) is 55.2. The average molecular weight is 832 g/mol. The van der Waals surface area contributed by atoms with E-state index in [4.69, 9.17) is 28.8 Å². The standard InChI is InChI=1S/C39H54N5O11PS/c1-39(2,37(49)50)28-56-22-4-3-5-29-6-10-32(11-7-29)55-25-30-8-12-33(13-9-30)57-44-38-42-23-31(24-43-38)36(48)41-15-17-52-18-20-53-26-34(45)40-14-16-51-19-21-54-27-35(46)47/h6-13,23-24,56H,3-5,14-22,25-28H2,1-2H3,(H,40,45)(H,41,48)(H,46,47)(H,49,50)(H,42,43,44). The number of carbonyl (C=O) groups excluding carboxylic acids is 2. The quantitative estimate of drug-likeness (QED) is 0.0347. The molecule has 5 N–H and O–H groups in total. The van der Waals surface area contributed by atoms with Crippen LogP contribution in [0.25, 0.3) is 0 Å². The molecule has 0 saturated carbocycles. The van der Waals surface area contributed by atoms with E-state index in [1.54, 1.807) is 13.8 Å². The van der Waals surface area contributed by atoms with Crippen molar-refractivity contribution in [3.63, 3.8) is 0 Å². The van der Waals surface area contributed by atoms with Crippen LogP contribution in [-0.2, 0) is 46.4 Å². The zero-order valence-electron chi connectivity index (χ0n) is 32.5. The molecule has 0 fully saturated rings. The monoisotopic (exact) mass is 831 g/mol. The molecule has 0 spiro atoms. The molecule has 3 rings (SSSR count). The van der Waals surface area contributed by atoms with Crippen LogP contribution in [0.4, 0.5) is 5.95 Å². The van der Waals surface area contributed by atoms with Crippen LogP contribution in [0.3, 0.4) is 0 Å². The molecule has 1 unspecified atom stereocenters. The number of nitrogens with zero attached hydrogens (tertiary/aromatic N) is 2. The summed E-state index contributed by atoms with van der Waals surface area (Å²) in [6.45, 7) is 5.42. The van der Waals surface area contributed by atoms with E-state index in [9.17, 15) is 24.3 Å². The minimum atomic E-state index is -1.04. The van der Waals surface area contributed by atoms with Gasteiger partial charge in [-0.3, -0.25) is 19.1 Å². The lowest BCUT2D eigenvalue weighted by Gasteiger charge is -2.18. The van der Waals surface area contributed by atoms with Crippen molar-refractivity contribution in [1.29, 1.82) is 0 Å². The van der Waals surface area contributed by atoms with Crippen molar-refractivity contribution in [2.24, 2.45) is 5.41 Å². The largest absolute Gasteiger partial charge is 0.489 e. The molecule has 1 aromatic heterocycles. The van der Waals surface area contributed by atoms with Gasteiger partial charge < -0.3 is 44.5 Å². The van der Waals surface area contributed by atoms with Gasteiger partial charge in [0.1, 0.15) is 25.6 Å². The molecule has 312 valence electrons. The summed E-state index contributed by atoms with van der Waals surface area (Å²) in [6.07, 6.45) is 7.84. The van der Waals surface area contributed by atoms with Crippen molar-refractivity contribution >= 4 is 50.2 Å². The molecule has 1 atom stereocenters. The number of carbonyl (C=O) groups is 4. The number of aliphatic carboxylic acids is 2. The molecular formula is C39H54N5O11PS. The second-order valence-corrected chi connectivity index (χ2v) is 15.5. The van der Waals surface area contributed by atoms with Gasteiger partial charge in [-0.25, -0.2) is 14.8 Å². The van der Waals surface area contributed by atoms with Gasteiger partial charge in [0.2, 0.25) is 11.9 Å². The van der Waals surface area contributed by atoms with E-state index < -0.39 is 17.4 Å². The first kappa shape index (κ1) is 47.0. The topological polar surface area (TPSA) is 217 Å². The number of unbranched alkanes of at least 4 members (excludes halogenated alkanes) is 1. The maximum Gasteiger partial charge on any atom is 0.329 e. The smallest absolute Gasteiger partial charge is 0.329 e. The molecule has 0 bridgehead atoms. The van der Waals surface area contributed by atoms with E-state index in [1.165, 1.54) is 29.9 Å². The number of hydrogen-bond donors (Lipinski definition) is 5. The predicted molar refractivity (Wildman–Crippen MR) is 217 cm³/mol. The Morgan fingerprint density at radius 1 is 0.754 bits per heavy atom. The van der Waals surface area contributed by atoms with Crippen molar-refractivity contribution < 1.29 is 53.1 Å². The molecule has 0 aliphatic rings. The van der Waals surface area contributed by atoms with Crippen molar-refractivity contribution in [3.8, 4) is 5.75 Å². The molecule has 1 heterocycles. The molecule has 0 aliphatic carbocycles. The van der Waals surface area contributed by atoms with Gasteiger partial charge in [-0.1, -0.05) is 24.3 Å². The minimum Gasteiger partial charge on any atom is -0.489 e. The molecule has 3 aromatic rings. The van der Waals surface area contributed by atoms with E-state index in [0.717, 1.165) is 47.8 Å². The van der Waals surface area contributed by atoms with Crippen molar-refractivity contribution in [2.45, 2.75) is 44.6 Å². The van der Waals surface area contributed by atoms with E-state index in [2.05, 4.69) is 37.5 Å². The highest BCUT2D eigenvalue weighted by Gasteiger charge is 2.26.